The second-order valence-electron chi connectivity index (χ2n) is 6.95. The van der Waals surface area contributed by atoms with Crippen LogP contribution in [0.3, 0.4) is 0 Å². The van der Waals surface area contributed by atoms with Crippen molar-refractivity contribution in [1.82, 2.24) is 9.88 Å². The van der Waals surface area contributed by atoms with Crippen LogP contribution >= 0.6 is 23.1 Å². The minimum Gasteiger partial charge on any atom is -0.381 e. The summed E-state index contributed by atoms with van der Waals surface area (Å²) in [5, 5.41) is 4.91. The Morgan fingerprint density at radius 3 is 2.70 bits per heavy atom. The van der Waals surface area contributed by atoms with Crippen LogP contribution in [0, 0.1) is 5.82 Å². The summed E-state index contributed by atoms with van der Waals surface area (Å²) < 4.78 is 40.3. The Hall–Kier alpha value is -1.42. The van der Waals surface area contributed by atoms with Gasteiger partial charge >= 0.3 is 0 Å². The van der Waals surface area contributed by atoms with Gasteiger partial charge in [0.15, 0.2) is 0 Å². The van der Waals surface area contributed by atoms with Crippen LogP contribution in [0.2, 0.25) is 0 Å². The van der Waals surface area contributed by atoms with Crippen molar-refractivity contribution in [2.24, 2.45) is 0 Å². The van der Waals surface area contributed by atoms with Gasteiger partial charge in [-0.3, -0.25) is 4.90 Å². The van der Waals surface area contributed by atoms with Gasteiger partial charge in [0.1, 0.15) is 5.82 Å². The molecule has 2 saturated heterocycles. The van der Waals surface area contributed by atoms with E-state index in [1.807, 2.05) is 0 Å². The molecule has 0 saturated carbocycles. The number of aromatic nitrogens is 1. The summed E-state index contributed by atoms with van der Waals surface area (Å²) in [6.45, 7) is 2.87. The van der Waals surface area contributed by atoms with Crippen molar-refractivity contribution >= 4 is 44.0 Å². The number of halogens is 2. The van der Waals surface area contributed by atoms with E-state index in [0.717, 1.165) is 43.3 Å². The molecule has 2 aromatic rings. The van der Waals surface area contributed by atoms with Gasteiger partial charge in [-0.15, -0.1) is 15.2 Å². The number of anilines is 2. The van der Waals surface area contributed by atoms with Crippen LogP contribution < -0.4 is 9.14 Å². The van der Waals surface area contributed by atoms with Crippen molar-refractivity contribution in [3.8, 4) is 0 Å². The van der Waals surface area contributed by atoms with Gasteiger partial charge in [-0.1, -0.05) is 0 Å². The third kappa shape index (κ3) is 3.41. The first-order chi connectivity index (χ1) is 12.9. The fourth-order valence-electron chi connectivity index (χ4n) is 4.07. The van der Waals surface area contributed by atoms with Crippen LogP contribution in [-0.4, -0.2) is 43.5 Å². The van der Waals surface area contributed by atoms with E-state index in [1.165, 1.54) is 31.2 Å². The van der Waals surface area contributed by atoms with Crippen molar-refractivity contribution < 1.29 is 12.8 Å². The molecule has 2 aliphatic rings. The highest BCUT2D eigenvalue weighted by Crippen LogP contribution is 2.39. The lowest BCUT2D eigenvalue weighted by Gasteiger charge is -2.32. The normalized spacial score (nSPS) is 19.2. The molecule has 0 radical (unpaired) electrons. The number of thiazole rings is 1. The van der Waals surface area contributed by atoms with Gasteiger partial charge in [0.2, 0.25) is 5.13 Å². The van der Waals surface area contributed by atoms with Crippen molar-refractivity contribution in [1.29, 1.82) is 0 Å². The number of hydrogen-bond donors (Lipinski definition) is 1. The molecule has 3 heterocycles. The predicted octanol–water partition coefficient (Wildman–Crippen LogP) is 3.67. The molecule has 1 aromatic carbocycles. The Kier molecular flexibility index (Phi) is 5.04. The maximum atomic E-state index is 14.6. The number of rotatable bonds is 6. The van der Waals surface area contributed by atoms with Crippen molar-refractivity contribution in [3.05, 3.63) is 35.6 Å². The fraction of sp³-hybridized carbons (Fsp3) is 0.471. The van der Waals surface area contributed by atoms with Gasteiger partial charge in [0.25, 0.3) is 10.0 Å². The summed E-state index contributed by atoms with van der Waals surface area (Å²) in [5.41, 5.74) is 0.409. The molecule has 27 heavy (non-hydrogen) atoms. The summed E-state index contributed by atoms with van der Waals surface area (Å²) in [5.74, 6) is -0.612. The summed E-state index contributed by atoms with van der Waals surface area (Å²) >= 11 is 7.01. The zero-order chi connectivity index (χ0) is 19.1. The fourth-order valence-corrected chi connectivity index (χ4v) is 6.28. The topological polar surface area (TPSA) is 65.5 Å². The molecular weight excluding hydrogens is 411 g/mol. The molecule has 1 aromatic heterocycles. The van der Waals surface area contributed by atoms with E-state index in [4.69, 9.17) is 11.8 Å². The quantitative estimate of drug-likeness (QED) is 0.708. The maximum Gasteiger partial charge on any atom is 0.280 e. The number of hydrogen-bond acceptors (Lipinski definition) is 6. The van der Waals surface area contributed by atoms with Gasteiger partial charge in [-0.05, 0) is 57.0 Å². The highest BCUT2D eigenvalue weighted by atomic mass is 35.5. The second-order valence-corrected chi connectivity index (χ2v) is 10.1. The lowest BCUT2D eigenvalue weighted by molar-refractivity contribution is 0.209. The Labute approximate surface area is 167 Å². The van der Waals surface area contributed by atoms with Gasteiger partial charge in [-0.2, -0.15) is 8.42 Å². The summed E-state index contributed by atoms with van der Waals surface area (Å²) in [6.07, 6.45) is 6.02. The van der Waals surface area contributed by atoms with Crippen LogP contribution in [0.25, 0.3) is 0 Å². The first-order valence-electron chi connectivity index (χ1n) is 8.81. The zero-order valence-corrected chi connectivity index (χ0v) is 17.0. The van der Waals surface area contributed by atoms with E-state index >= 15 is 0 Å². The molecular formula is C17H20ClFN4O2S2. The van der Waals surface area contributed by atoms with Gasteiger partial charge in [0.05, 0.1) is 10.6 Å². The van der Waals surface area contributed by atoms with E-state index in [1.54, 1.807) is 5.38 Å². The molecule has 2 fully saturated rings. The molecule has 0 bridgehead atoms. The van der Waals surface area contributed by atoms with Crippen molar-refractivity contribution in [2.75, 3.05) is 28.8 Å². The second kappa shape index (κ2) is 7.20. The Morgan fingerprint density at radius 2 is 2.07 bits per heavy atom. The molecule has 2 aliphatic heterocycles. The minimum absolute atomic E-state index is 0.106. The molecule has 0 spiro atoms. The summed E-state index contributed by atoms with van der Waals surface area (Å²) in [6, 6.07) is 3.82. The average Bonchev–Trinajstić information content (AvgIpc) is 3.36. The van der Waals surface area contributed by atoms with Crippen LogP contribution in [-0.2, 0) is 10.0 Å². The van der Waals surface area contributed by atoms with Crippen LogP contribution in [0.1, 0.15) is 25.7 Å². The minimum atomic E-state index is -4.08. The van der Waals surface area contributed by atoms with E-state index in [9.17, 15) is 12.8 Å². The van der Waals surface area contributed by atoms with E-state index < -0.39 is 15.8 Å². The Morgan fingerprint density at radius 1 is 1.33 bits per heavy atom. The number of nitrogens with zero attached hydrogens (tertiary/aromatic N) is 3. The van der Waals surface area contributed by atoms with Crippen molar-refractivity contribution in [3.63, 3.8) is 0 Å². The monoisotopic (exact) mass is 430 g/mol. The standard InChI is InChI=1S/C17H20ClFN4O2S2/c18-23(16-20-7-10-26-16)27(24,25)13-3-4-15(14(19)11-13)21-12-17-5-1-8-22(17)9-2-6-17/h3-4,7,10-11,21H,1-2,5-6,8-9,12H2. The molecule has 146 valence electrons. The maximum absolute atomic E-state index is 14.6. The number of benzene rings is 1. The first kappa shape index (κ1) is 18.9. The highest BCUT2D eigenvalue weighted by Gasteiger charge is 2.43. The third-order valence-electron chi connectivity index (χ3n) is 5.44. The van der Waals surface area contributed by atoms with Gasteiger partial charge < -0.3 is 5.32 Å². The highest BCUT2D eigenvalue weighted by molar-refractivity contribution is 7.94. The summed E-state index contributed by atoms with van der Waals surface area (Å²) in [4.78, 5) is 6.15. The Bertz CT molecular complexity index is 913. The summed E-state index contributed by atoms with van der Waals surface area (Å²) in [7, 11) is -4.08. The SMILES string of the molecule is O=S(=O)(c1ccc(NCC23CCCN2CCC3)c(F)c1)N(Cl)c1nccs1. The molecule has 0 unspecified atom stereocenters. The number of fused-ring (bicyclic) bond motifs is 1. The molecule has 1 N–H and O–H groups in total. The van der Waals surface area contributed by atoms with Crippen molar-refractivity contribution in [2.45, 2.75) is 36.1 Å². The Balaban J connectivity index is 1.51. The first-order valence-corrected chi connectivity index (χ1v) is 11.5. The lowest BCUT2D eigenvalue weighted by atomic mass is 9.94. The number of nitrogens with one attached hydrogen (secondary N) is 1. The molecule has 0 aliphatic carbocycles. The number of sulfonamides is 1. The third-order valence-corrected chi connectivity index (χ3v) is 8.56. The van der Waals surface area contributed by atoms with E-state index in [0.29, 0.717) is 16.1 Å². The van der Waals surface area contributed by atoms with Crippen LogP contribution in [0.4, 0.5) is 15.2 Å². The van der Waals surface area contributed by atoms with Crippen LogP contribution in [0.5, 0.6) is 0 Å². The zero-order valence-electron chi connectivity index (χ0n) is 14.6. The van der Waals surface area contributed by atoms with Gasteiger partial charge in [-0.25, -0.2) is 9.37 Å². The lowest BCUT2D eigenvalue weighted by Crippen LogP contribution is -2.44. The molecule has 10 heteroatoms. The molecule has 4 rings (SSSR count). The van der Waals surface area contributed by atoms with Crippen LogP contribution in [0.15, 0.2) is 34.7 Å². The van der Waals surface area contributed by atoms with E-state index in [2.05, 4.69) is 15.2 Å². The van der Waals surface area contributed by atoms with E-state index in [-0.39, 0.29) is 15.6 Å². The smallest absolute Gasteiger partial charge is 0.280 e. The average molecular weight is 431 g/mol. The van der Waals surface area contributed by atoms with Gasteiger partial charge in [0, 0.05) is 35.4 Å². The molecule has 0 atom stereocenters. The molecule has 6 nitrogen and oxygen atoms in total. The molecule has 0 amide bonds. The largest absolute Gasteiger partial charge is 0.381 e. The predicted molar refractivity (Wildman–Crippen MR) is 105 cm³/mol.